The van der Waals surface area contributed by atoms with Crippen molar-refractivity contribution in [2.24, 2.45) is 5.92 Å². The highest BCUT2D eigenvalue weighted by atomic mass is 16.5. The van der Waals surface area contributed by atoms with Crippen molar-refractivity contribution in [2.75, 3.05) is 26.9 Å². The fourth-order valence-corrected chi connectivity index (χ4v) is 2.86. The summed E-state index contributed by atoms with van der Waals surface area (Å²) in [6, 6.07) is -0.0463. The third kappa shape index (κ3) is 2.87. The summed E-state index contributed by atoms with van der Waals surface area (Å²) in [6.07, 6.45) is 3.62. The summed E-state index contributed by atoms with van der Waals surface area (Å²) >= 11 is 0. The molecule has 2 aliphatic rings. The van der Waals surface area contributed by atoms with Crippen LogP contribution in [0.5, 0.6) is 0 Å². The van der Waals surface area contributed by atoms with Crippen LogP contribution in [0, 0.1) is 5.92 Å². The van der Waals surface area contributed by atoms with Gasteiger partial charge in [0.25, 0.3) is 0 Å². The van der Waals surface area contributed by atoms with Crippen LogP contribution in [0.25, 0.3) is 0 Å². The summed E-state index contributed by atoms with van der Waals surface area (Å²) in [5.41, 5.74) is -0.0791. The molecule has 0 radical (unpaired) electrons. The zero-order valence-electron chi connectivity index (χ0n) is 10.8. The zero-order valence-corrected chi connectivity index (χ0v) is 10.8. The Morgan fingerprint density at radius 1 is 1.35 bits per heavy atom. The van der Waals surface area contributed by atoms with E-state index in [4.69, 9.17) is 9.47 Å². The Hall–Kier alpha value is -0.450. The quantitative estimate of drug-likeness (QED) is 0.805. The average molecular weight is 241 g/mol. The monoisotopic (exact) mass is 241 g/mol. The zero-order chi connectivity index (χ0) is 12.3. The third-order valence-corrected chi connectivity index (χ3v) is 4.16. The predicted octanol–water partition coefficient (Wildman–Crippen LogP) is 1.14. The molecule has 0 aliphatic carbocycles. The van der Waals surface area contributed by atoms with Gasteiger partial charge in [-0.2, -0.15) is 0 Å². The van der Waals surface area contributed by atoms with Gasteiger partial charge < -0.3 is 14.8 Å². The van der Waals surface area contributed by atoms with E-state index >= 15 is 0 Å². The number of carbonyl (C=O) groups is 1. The molecule has 2 aliphatic heterocycles. The fourth-order valence-electron chi connectivity index (χ4n) is 2.86. The first-order valence-corrected chi connectivity index (χ1v) is 6.59. The minimum Gasteiger partial charge on any atom is -0.381 e. The summed E-state index contributed by atoms with van der Waals surface area (Å²) in [7, 11) is 1.84. The van der Waals surface area contributed by atoms with Gasteiger partial charge in [-0.25, -0.2) is 0 Å². The summed E-state index contributed by atoms with van der Waals surface area (Å²) < 4.78 is 11.3. The van der Waals surface area contributed by atoms with Crippen LogP contribution in [0.1, 0.15) is 32.6 Å². The standard InChI is InChI=1S/C13H23NO3/c1-10(14-2)12(15)11-3-6-17-13(9-11)4-7-16-8-5-13/h10-11,14H,3-9H2,1-2H3. The van der Waals surface area contributed by atoms with E-state index in [1.165, 1.54) is 0 Å². The van der Waals surface area contributed by atoms with Crippen molar-refractivity contribution in [1.82, 2.24) is 5.32 Å². The number of carbonyl (C=O) groups excluding carboxylic acids is 1. The molecule has 1 N–H and O–H groups in total. The lowest BCUT2D eigenvalue weighted by molar-refractivity contribution is -0.157. The van der Waals surface area contributed by atoms with Gasteiger partial charge in [-0.3, -0.25) is 4.79 Å². The molecule has 0 saturated carbocycles. The first kappa shape index (κ1) is 13.0. The first-order chi connectivity index (χ1) is 8.17. The molecule has 2 unspecified atom stereocenters. The first-order valence-electron chi connectivity index (χ1n) is 6.59. The normalized spacial score (nSPS) is 30.1. The summed E-state index contributed by atoms with van der Waals surface area (Å²) in [5.74, 6) is 0.492. The highest BCUT2D eigenvalue weighted by molar-refractivity contribution is 5.86. The van der Waals surface area contributed by atoms with Crippen molar-refractivity contribution in [3.05, 3.63) is 0 Å². The molecular weight excluding hydrogens is 218 g/mol. The van der Waals surface area contributed by atoms with E-state index in [0.717, 1.165) is 38.9 Å². The molecule has 0 amide bonds. The Balaban J connectivity index is 1.98. The second-order valence-electron chi connectivity index (χ2n) is 5.25. The maximum Gasteiger partial charge on any atom is 0.152 e. The highest BCUT2D eigenvalue weighted by Gasteiger charge is 2.41. The smallest absolute Gasteiger partial charge is 0.152 e. The summed E-state index contributed by atoms with van der Waals surface area (Å²) in [6.45, 7) is 4.19. The molecule has 2 atom stereocenters. The number of rotatable bonds is 3. The number of ether oxygens (including phenoxy) is 2. The minimum atomic E-state index is -0.0791. The lowest BCUT2D eigenvalue weighted by atomic mass is 9.78. The Labute approximate surface area is 103 Å². The minimum absolute atomic E-state index is 0.0463. The summed E-state index contributed by atoms with van der Waals surface area (Å²) in [4.78, 5) is 12.2. The third-order valence-electron chi connectivity index (χ3n) is 4.16. The van der Waals surface area contributed by atoms with Gasteiger partial charge in [0.1, 0.15) is 0 Å². The van der Waals surface area contributed by atoms with Crippen LogP contribution in [0.3, 0.4) is 0 Å². The van der Waals surface area contributed by atoms with Crippen LogP contribution in [0.15, 0.2) is 0 Å². The van der Waals surface area contributed by atoms with Crippen LogP contribution >= 0.6 is 0 Å². The van der Waals surface area contributed by atoms with Crippen molar-refractivity contribution < 1.29 is 14.3 Å². The second kappa shape index (κ2) is 5.46. The number of nitrogens with one attached hydrogen (secondary N) is 1. The van der Waals surface area contributed by atoms with Crippen molar-refractivity contribution in [1.29, 1.82) is 0 Å². The Morgan fingerprint density at radius 2 is 2.06 bits per heavy atom. The van der Waals surface area contributed by atoms with Crippen LogP contribution < -0.4 is 5.32 Å². The van der Waals surface area contributed by atoms with Crippen molar-refractivity contribution in [3.63, 3.8) is 0 Å². The highest BCUT2D eigenvalue weighted by Crippen LogP contribution is 2.37. The van der Waals surface area contributed by atoms with Crippen LogP contribution in [0.2, 0.25) is 0 Å². The molecule has 2 heterocycles. The van der Waals surface area contributed by atoms with Crippen molar-refractivity contribution in [2.45, 2.75) is 44.2 Å². The molecule has 1 spiro atoms. The number of ketones is 1. The SMILES string of the molecule is CNC(C)C(=O)C1CCOC2(CCOCC2)C1. The van der Waals surface area contributed by atoms with Crippen LogP contribution in [-0.4, -0.2) is 44.3 Å². The lowest BCUT2D eigenvalue weighted by Gasteiger charge is -2.43. The van der Waals surface area contributed by atoms with Gasteiger partial charge in [0.15, 0.2) is 5.78 Å². The Morgan fingerprint density at radius 3 is 2.71 bits per heavy atom. The van der Waals surface area contributed by atoms with E-state index in [9.17, 15) is 4.79 Å². The Bertz CT molecular complexity index is 268. The molecule has 0 aromatic carbocycles. The number of hydrogen-bond donors (Lipinski definition) is 1. The largest absolute Gasteiger partial charge is 0.381 e. The summed E-state index contributed by atoms with van der Waals surface area (Å²) in [5, 5.41) is 3.04. The van der Waals surface area contributed by atoms with Crippen molar-refractivity contribution >= 4 is 5.78 Å². The van der Waals surface area contributed by atoms with Gasteiger partial charge in [-0.15, -0.1) is 0 Å². The fraction of sp³-hybridized carbons (Fsp3) is 0.923. The topological polar surface area (TPSA) is 47.6 Å². The molecule has 2 fully saturated rings. The van der Waals surface area contributed by atoms with Crippen molar-refractivity contribution in [3.8, 4) is 0 Å². The molecular formula is C13H23NO3. The molecule has 2 rings (SSSR count). The molecule has 4 nitrogen and oxygen atoms in total. The molecule has 0 aromatic rings. The maximum absolute atomic E-state index is 12.2. The van der Waals surface area contributed by atoms with E-state index in [-0.39, 0.29) is 17.6 Å². The van der Waals surface area contributed by atoms with Gasteiger partial charge in [0.05, 0.1) is 11.6 Å². The van der Waals surface area contributed by atoms with E-state index in [2.05, 4.69) is 5.32 Å². The number of likely N-dealkylation sites (N-methyl/N-ethyl adjacent to an activating group) is 1. The predicted molar refractivity (Wildman–Crippen MR) is 65.0 cm³/mol. The van der Waals surface area contributed by atoms with Gasteiger partial charge in [-0.05, 0) is 39.7 Å². The molecule has 4 heteroatoms. The van der Waals surface area contributed by atoms with E-state index in [1.807, 2.05) is 14.0 Å². The van der Waals surface area contributed by atoms with E-state index < -0.39 is 0 Å². The van der Waals surface area contributed by atoms with E-state index in [1.54, 1.807) is 0 Å². The molecule has 2 saturated heterocycles. The molecule has 0 aromatic heterocycles. The average Bonchev–Trinajstić information content (AvgIpc) is 2.38. The Kier molecular flexibility index (Phi) is 4.17. The molecule has 17 heavy (non-hydrogen) atoms. The van der Waals surface area contributed by atoms with Gasteiger partial charge in [0.2, 0.25) is 0 Å². The van der Waals surface area contributed by atoms with Crippen LogP contribution in [0.4, 0.5) is 0 Å². The maximum atomic E-state index is 12.2. The van der Waals surface area contributed by atoms with Gasteiger partial charge in [-0.1, -0.05) is 0 Å². The molecule has 98 valence electrons. The number of Topliss-reactive ketones (excluding diaryl/α,β-unsaturated/α-hetero) is 1. The number of hydrogen-bond acceptors (Lipinski definition) is 4. The molecule has 0 bridgehead atoms. The van der Waals surface area contributed by atoms with Crippen LogP contribution in [-0.2, 0) is 14.3 Å². The van der Waals surface area contributed by atoms with Gasteiger partial charge >= 0.3 is 0 Å². The van der Waals surface area contributed by atoms with Gasteiger partial charge in [0, 0.05) is 25.7 Å². The lowest BCUT2D eigenvalue weighted by Crippen LogP contribution is -2.48. The van der Waals surface area contributed by atoms with E-state index in [0.29, 0.717) is 12.4 Å². The second-order valence-corrected chi connectivity index (χ2v) is 5.25.